The molecule has 3 heteroatoms. The zero-order chi connectivity index (χ0) is 15.5. The first kappa shape index (κ1) is 16.3. The third kappa shape index (κ3) is 5.33. The van der Waals surface area contributed by atoms with Crippen molar-refractivity contribution in [3.63, 3.8) is 0 Å². The van der Waals surface area contributed by atoms with E-state index in [9.17, 15) is 0 Å². The second-order valence-electron chi connectivity index (χ2n) is 7.25. The van der Waals surface area contributed by atoms with Crippen molar-refractivity contribution in [1.82, 2.24) is 10.2 Å². The molecule has 1 aromatic rings. The van der Waals surface area contributed by atoms with Gasteiger partial charge in [-0.2, -0.15) is 0 Å². The maximum Gasteiger partial charge on any atom is 0.120 e. The first-order valence-electron chi connectivity index (χ1n) is 8.07. The van der Waals surface area contributed by atoms with E-state index in [1.165, 1.54) is 31.5 Å². The van der Waals surface area contributed by atoms with E-state index in [0.29, 0.717) is 12.1 Å². The SMILES string of the molecule is C[C@H](NC1CCN(C)CC1)c1ccc(OC(C)(C)C)cc1. The average Bonchev–Trinajstić information content (AvgIpc) is 2.40. The van der Waals surface area contributed by atoms with E-state index >= 15 is 0 Å². The number of likely N-dealkylation sites (tertiary alicyclic amines) is 1. The summed E-state index contributed by atoms with van der Waals surface area (Å²) in [5.41, 5.74) is 1.19. The average molecular weight is 290 g/mol. The van der Waals surface area contributed by atoms with Gasteiger partial charge in [-0.05, 0) is 78.4 Å². The largest absolute Gasteiger partial charge is 0.488 e. The number of ether oxygens (including phenoxy) is 1. The standard InChI is InChI=1S/C18H30N2O/c1-14(19-16-10-12-20(5)13-11-16)15-6-8-17(9-7-15)21-18(2,3)4/h6-9,14,16,19H,10-13H2,1-5H3/t14-/m0/s1. The quantitative estimate of drug-likeness (QED) is 0.917. The summed E-state index contributed by atoms with van der Waals surface area (Å²) in [6.07, 6.45) is 2.48. The maximum absolute atomic E-state index is 5.87. The number of nitrogens with one attached hydrogen (secondary N) is 1. The van der Waals surface area contributed by atoms with E-state index in [1.54, 1.807) is 0 Å². The molecule has 118 valence electrons. The van der Waals surface area contributed by atoms with Gasteiger partial charge >= 0.3 is 0 Å². The molecule has 2 rings (SSSR count). The maximum atomic E-state index is 5.87. The van der Waals surface area contributed by atoms with Gasteiger partial charge in [0.25, 0.3) is 0 Å². The Morgan fingerprint density at radius 2 is 1.71 bits per heavy atom. The summed E-state index contributed by atoms with van der Waals surface area (Å²) in [7, 11) is 2.20. The van der Waals surface area contributed by atoms with Crippen LogP contribution >= 0.6 is 0 Å². The van der Waals surface area contributed by atoms with Crippen molar-refractivity contribution in [2.75, 3.05) is 20.1 Å². The molecule has 1 aliphatic heterocycles. The first-order chi connectivity index (χ1) is 9.83. The van der Waals surface area contributed by atoms with Gasteiger partial charge in [-0.15, -0.1) is 0 Å². The molecule has 0 spiro atoms. The minimum atomic E-state index is -0.139. The predicted octanol–water partition coefficient (Wildman–Crippen LogP) is 3.61. The van der Waals surface area contributed by atoms with Gasteiger partial charge in [0.1, 0.15) is 11.4 Å². The summed E-state index contributed by atoms with van der Waals surface area (Å²) in [6.45, 7) is 10.9. The molecule has 0 radical (unpaired) electrons. The van der Waals surface area contributed by atoms with Crippen molar-refractivity contribution in [2.24, 2.45) is 0 Å². The van der Waals surface area contributed by atoms with Crippen LogP contribution in [0.2, 0.25) is 0 Å². The summed E-state index contributed by atoms with van der Waals surface area (Å²) in [5.74, 6) is 0.942. The molecule has 0 saturated carbocycles. The van der Waals surface area contributed by atoms with Crippen molar-refractivity contribution in [1.29, 1.82) is 0 Å². The highest BCUT2D eigenvalue weighted by atomic mass is 16.5. The number of hydrogen-bond acceptors (Lipinski definition) is 3. The fourth-order valence-electron chi connectivity index (χ4n) is 2.80. The number of piperidine rings is 1. The van der Waals surface area contributed by atoms with Crippen molar-refractivity contribution in [3.8, 4) is 5.75 Å². The Morgan fingerprint density at radius 1 is 1.14 bits per heavy atom. The predicted molar refractivity (Wildman–Crippen MR) is 88.9 cm³/mol. The molecule has 1 fully saturated rings. The summed E-state index contributed by atoms with van der Waals surface area (Å²) < 4.78 is 5.87. The lowest BCUT2D eigenvalue weighted by Gasteiger charge is -2.31. The van der Waals surface area contributed by atoms with Crippen LogP contribution in [-0.4, -0.2) is 36.7 Å². The Hall–Kier alpha value is -1.06. The lowest BCUT2D eigenvalue weighted by molar-refractivity contribution is 0.131. The van der Waals surface area contributed by atoms with Crippen LogP contribution in [0.25, 0.3) is 0 Å². The van der Waals surface area contributed by atoms with E-state index in [1.807, 2.05) is 0 Å². The Kier molecular flexibility index (Phi) is 5.28. The van der Waals surface area contributed by atoms with Crippen LogP contribution in [0.5, 0.6) is 5.75 Å². The number of benzene rings is 1. The summed E-state index contributed by atoms with van der Waals surface area (Å²) in [6, 6.07) is 9.53. The molecule has 1 N–H and O–H groups in total. The van der Waals surface area contributed by atoms with Crippen LogP contribution in [0.15, 0.2) is 24.3 Å². The smallest absolute Gasteiger partial charge is 0.120 e. The second-order valence-corrected chi connectivity index (χ2v) is 7.25. The monoisotopic (exact) mass is 290 g/mol. The molecule has 1 heterocycles. The molecule has 1 saturated heterocycles. The molecule has 0 amide bonds. The molecular weight excluding hydrogens is 260 g/mol. The molecule has 1 aromatic carbocycles. The highest BCUT2D eigenvalue weighted by molar-refractivity contribution is 5.29. The zero-order valence-electron chi connectivity index (χ0n) is 14.1. The first-order valence-corrected chi connectivity index (χ1v) is 8.07. The minimum absolute atomic E-state index is 0.139. The van der Waals surface area contributed by atoms with E-state index in [0.717, 1.165) is 5.75 Å². The van der Waals surface area contributed by atoms with E-state index in [2.05, 4.69) is 69.2 Å². The molecule has 21 heavy (non-hydrogen) atoms. The van der Waals surface area contributed by atoms with E-state index < -0.39 is 0 Å². The van der Waals surface area contributed by atoms with Gasteiger partial charge < -0.3 is 15.0 Å². The Bertz CT molecular complexity index is 428. The molecule has 1 atom stereocenters. The lowest BCUT2D eigenvalue weighted by atomic mass is 10.0. The van der Waals surface area contributed by atoms with Gasteiger partial charge in [-0.1, -0.05) is 12.1 Å². The van der Waals surface area contributed by atoms with Crippen LogP contribution in [0, 0.1) is 0 Å². The van der Waals surface area contributed by atoms with Crippen LogP contribution in [0.3, 0.4) is 0 Å². The Morgan fingerprint density at radius 3 is 2.24 bits per heavy atom. The van der Waals surface area contributed by atoms with Crippen LogP contribution in [0.1, 0.15) is 52.1 Å². The summed E-state index contributed by atoms with van der Waals surface area (Å²) >= 11 is 0. The van der Waals surface area contributed by atoms with Crippen LogP contribution < -0.4 is 10.1 Å². The Labute approximate surface area is 129 Å². The zero-order valence-corrected chi connectivity index (χ0v) is 14.1. The van der Waals surface area contributed by atoms with Crippen molar-refractivity contribution < 1.29 is 4.74 Å². The fraction of sp³-hybridized carbons (Fsp3) is 0.667. The van der Waals surface area contributed by atoms with Gasteiger partial charge in [0.15, 0.2) is 0 Å². The molecular formula is C18H30N2O. The molecule has 0 aromatic heterocycles. The molecule has 0 aliphatic carbocycles. The Balaban J connectivity index is 1.89. The number of nitrogens with zero attached hydrogens (tertiary/aromatic N) is 1. The van der Waals surface area contributed by atoms with Crippen molar-refractivity contribution in [2.45, 2.75) is 58.2 Å². The van der Waals surface area contributed by atoms with Gasteiger partial charge in [-0.25, -0.2) is 0 Å². The molecule has 3 nitrogen and oxygen atoms in total. The van der Waals surface area contributed by atoms with Gasteiger partial charge in [0.05, 0.1) is 0 Å². The van der Waals surface area contributed by atoms with Crippen molar-refractivity contribution >= 4 is 0 Å². The summed E-state index contributed by atoms with van der Waals surface area (Å²) in [4.78, 5) is 2.40. The third-order valence-electron chi connectivity index (χ3n) is 4.01. The summed E-state index contributed by atoms with van der Waals surface area (Å²) in [5, 5.41) is 3.76. The normalized spacial score (nSPS) is 19.5. The lowest BCUT2D eigenvalue weighted by Crippen LogP contribution is -2.41. The van der Waals surface area contributed by atoms with Crippen LogP contribution in [-0.2, 0) is 0 Å². The topological polar surface area (TPSA) is 24.5 Å². The molecule has 0 bridgehead atoms. The fourth-order valence-corrected chi connectivity index (χ4v) is 2.80. The number of rotatable bonds is 4. The highest BCUT2D eigenvalue weighted by Gasteiger charge is 2.19. The number of hydrogen-bond donors (Lipinski definition) is 1. The third-order valence-corrected chi connectivity index (χ3v) is 4.01. The molecule has 1 aliphatic rings. The van der Waals surface area contributed by atoms with Gasteiger partial charge in [-0.3, -0.25) is 0 Å². The highest BCUT2D eigenvalue weighted by Crippen LogP contribution is 2.22. The van der Waals surface area contributed by atoms with Crippen molar-refractivity contribution in [3.05, 3.63) is 29.8 Å². The van der Waals surface area contributed by atoms with E-state index in [4.69, 9.17) is 4.74 Å². The van der Waals surface area contributed by atoms with Crippen LogP contribution in [0.4, 0.5) is 0 Å². The molecule has 0 unspecified atom stereocenters. The van der Waals surface area contributed by atoms with Gasteiger partial charge in [0.2, 0.25) is 0 Å². The van der Waals surface area contributed by atoms with Gasteiger partial charge in [0, 0.05) is 12.1 Å². The van der Waals surface area contributed by atoms with E-state index in [-0.39, 0.29) is 5.60 Å². The minimum Gasteiger partial charge on any atom is -0.488 e. The second kappa shape index (κ2) is 6.80.